The summed E-state index contributed by atoms with van der Waals surface area (Å²) in [6.07, 6.45) is 0. The molecule has 0 unspecified atom stereocenters. The first kappa shape index (κ1) is 5.79. The predicted molar refractivity (Wildman–Crippen MR) is 30.9 cm³/mol. The fraction of sp³-hybridized carbons (Fsp3) is 0. The molecule has 4 heteroatoms. The average Bonchev–Trinajstić information content (AvgIpc) is 1.77. The van der Waals surface area contributed by atoms with Crippen LogP contribution in [0.4, 0.5) is 0 Å². The van der Waals surface area contributed by atoms with Crippen LogP contribution < -0.4 is 0 Å². The molecule has 0 spiro atoms. The first-order valence-electron chi connectivity index (χ1n) is 1.85. The first-order valence-corrected chi connectivity index (χ1v) is 2.61. The normalized spacial score (nSPS) is 9.25. The Morgan fingerprint density at radius 2 is 2.12 bits per heavy atom. The van der Waals surface area contributed by atoms with Gasteiger partial charge in [-0.1, -0.05) is 23.2 Å². The van der Waals surface area contributed by atoms with Crippen LogP contribution >= 0.6 is 23.2 Å². The summed E-state index contributed by atoms with van der Waals surface area (Å²) in [4.78, 5) is 0. The molecule has 1 aromatic heterocycles. The smallest absolute Gasteiger partial charge is 0.137 e. The van der Waals surface area contributed by atoms with Crippen molar-refractivity contribution in [2.75, 3.05) is 0 Å². The number of halogens is 2. The SMILES string of the molecule is Clc1[c]cc(Cl)nn1. The van der Waals surface area contributed by atoms with Gasteiger partial charge in [-0.15, -0.1) is 10.2 Å². The zero-order valence-corrected chi connectivity index (χ0v) is 5.24. The second kappa shape index (κ2) is 2.29. The second-order valence-corrected chi connectivity index (χ2v) is 1.85. The Labute approximate surface area is 56.4 Å². The molecular formula is C4HCl2N2. The van der Waals surface area contributed by atoms with Crippen molar-refractivity contribution in [1.82, 2.24) is 10.2 Å². The summed E-state index contributed by atoms with van der Waals surface area (Å²) < 4.78 is 0. The van der Waals surface area contributed by atoms with Crippen molar-refractivity contribution in [3.05, 3.63) is 22.4 Å². The summed E-state index contributed by atoms with van der Waals surface area (Å²) >= 11 is 10.7. The van der Waals surface area contributed by atoms with E-state index >= 15 is 0 Å². The molecule has 8 heavy (non-hydrogen) atoms. The molecule has 0 aliphatic carbocycles. The molecule has 2 nitrogen and oxygen atoms in total. The van der Waals surface area contributed by atoms with Gasteiger partial charge in [0.15, 0.2) is 10.3 Å². The van der Waals surface area contributed by atoms with E-state index < -0.39 is 0 Å². The molecule has 1 heterocycles. The van der Waals surface area contributed by atoms with E-state index in [9.17, 15) is 0 Å². The molecule has 0 bridgehead atoms. The van der Waals surface area contributed by atoms with Crippen LogP contribution in [0.25, 0.3) is 0 Å². The number of hydrogen-bond acceptors (Lipinski definition) is 2. The van der Waals surface area contributed by atoms with E-state index in [4.69, 9.17) is 23.2 Å². The Morgan fingerprint density at radius 3 is 2.50 bits per heavy atom. The summed E-state index contributed by atoms with van der Waals surface area (Å²) in [7, 11) is 0. The van der Waals surface area contributed by atoms with Crippen LogP contribution in [0.3, 0.4) is 0 Å². The summed E-state index contributed by atoms with van der Waals surface area (Å²) in [6, 6.07) is 4.01. The fourth-order valence-corrected chi connectivity index (χ4v) is 0.453. The minimum atomic E-state index is 0.231. The van der Waals surface area contributed by atoms with E-state index in [-0.39, 0.29) is 5.15 Å². The Kier molecular flexibility index (Phi) is 1.65. The molecule has 1 radical (unpaired) electrons. The Morgan fingerprint density at radius 1 is 1.38 bits per heavy atom. The minimum absolute atomic E-state index is 0.231. The number of rotatable bonds is 0. The largest absolute Gasteiger partial charge is 0.159 e. The Balaban J connectivity index is 3.03. The maximum absolute atomic E-state index is 5.35. The molecule has 0 amide bonds. The van der Waals surface area contributed by atoms with Crippen LogP contribution in [0.5, 0.6) is 0 Å². The third-order valence-electron chi connectivity index (χ3n) is 0.544. The van der Waals surface area contributed by atoms with E-state index in [1.165, 1.54) is 6.07 Å². The van der Waals surface area contributed by atoms with Gasteiger partial charge < -0.3 is 0 Å². The third-order valence-corrected chi connectivity index (χ3v) is 0.913. The lowest BCUT2D eigenvalue weighted by Gasteiger charge is -1.83. The highest BCUT2D eigenvalue weighted by molar-refractivity contribution is 6.30. The van der Waals surface area contributed by atoms with Gasteiger partial charge in [0.25, 0.3) is 0 Å². The van der Waals surface area contributed by atoms with E-state index in [1.807, 2.05) is 0 Å². The zero-order chi connectivity index (χ0) is 5.98. The second-order valence-electron chi connectivity index (χ2n) is 1.10. The molecule has 1 rings (SSSR count). The molecule has 0 saturated carbocycles. The van der Waals surface area contributed by atoms with Gasteiger partial charge in [0, 0.05) is 6.07 Å². The molecule has 0 fully saturated rings. The maximum Gasteiger partial charge on any atom is 0.159 e. The van der Waals surface area contributed by atoms with Crippen LogP contribution in [0.2, 0.25) is 10.3 Å². The topological polar surface area (TPSA) is 25.8 Å². The summed E-state index contributed by atoms with van der Waals surface area (Å²) in [5, 5.41) is 7.37. The number of nitrogens with zero attached hydrogens (tertiary/aromatic N) is 2. The fourth-order valence-electron chi connectivity index (χ4n) is 0.269. The van der Waals surface area contributed by atoms with Crippen molar-refractivity contribution in [1.29, 1.82) is 0 Å². The van der Waals surface area contributed by atoms with E-state index in [2.05, 4.69) is 16.3 Å². The molecule has 0 N–H and O–H groups in total. The monoisotopic (exact) mass is 147 g/mol. The highest BCUT2D eigenvalue weighted by atomic mass is 35.5. The Hall–Kier alpha value is -0.340. The number of hydrogen-bond donors (Lipinski definition) is 0. The van der Waals surface area contributed by atoms with Crippen molar-refractivity contribution < 1.29 is 0 Å². The standard InChI is InChI=1S/C4HCl2N2/c5-3-1-2-4(6)8-7-3/h1H. The van der Waals surface area contributed by atoms with Crippen molar-refractivity contribution in [3.8, 4) is 0 Å². The predicted octanol–water partition coefficient (Wildman–Crippen LogP) is 1.58. The van der Waals surface area contributed by atoms with Gasteiger partial charge in [-0.2, -0.15) is 0 Å². The van der Waals surface area contributed by atoms with E-state index in [1.54, 1.807) is 0 Å². The van der Waals surface area contributed by atoms with Crippen molar-refractivity contribution in [3.63, 3.8) is 0 Å². The van der Waals surface area contributed by atoms with Gasteiger partial charge in [-0.3, -0.25) is 0 Å². The van der Waals surface area contributed by atoms with Crippen LogP contribution in [-0.4, -0.2) is 10.2 Å². The van der Waals surface area contributed by atoms with Gasteiger partial charge in [0.1, 0.15) is 0 Å². The summed E-state index contributed by atoms with van der Waals surface area (Å²) in [5.74, 6) is 0. The lowest BCUT2D eigenvalue weighted by atomic mass is 10.6. The van der Waals surface area contributed by atoms with Gasteiger partial charge >= 0.3 is 0 Å². The van der Waals surface area contributed by atoms with Crippen LogP contribution in [0.1, 0.15) is 0 Å². The van der Waals surface area contributed by atoms with Crippen molar-refractivity contribution >= 4 is 23.2 Å². The zero-order valence-electron chi connectivity index (χ0n) is 3.73. The first-order chi connectivity index (χ1) is 3.79. The van der Waals surface area contributed by atoms with Crippen molar-refractivity contribution in [2.24, 2.45) is 0 Å². The molecule has 0 saturated heterocycles. The van der Waals surface area contributed by atoms with Crippen molar-refractivity contribution in [2.45, 2.75) is 0 Å². The minimum Gasteiger partial charge on any atom is -0.137 e. The van der Waals surface area contributed by atoms with Gasteiger partial charge in [-0.25, -0.2) is 0 Å². The molecule has 0 atom stereocenters. The molecule has 0 aliphatic heterocycles. The van der Waals surface area contributed by atoms with Crippen LogP contribution in [0, 0.1) is 6.07 Å². The van der Waals surface area contributed by atoms with E-state index in [0.29, 0.717) is 5.15 Å². The van der Waals surface area contributed by atoms with Crippen LogP contribution in [0.15, 0.2) is 6.07 Å². The lowest BCUT2D eigenvalue weighted by molar-refractivity contribution is 1.03. The lowest BCUT2D eigenvalue weighted by Crippen LogP contribution is -1.79. The average molecular weight is 148 g/mol. The quantitative estimate of drug-likeness (QED) is 0.558. The molecule has 0 aliphatic rings. The van der Waals surface area contributed by atoms with Crippen LogP contribution in [-0.2, 0) is 0 Å². The van der Waals surface area contributed by atoms with E-state index in [0.717, 1.165) is 0 Å². The molecule has 0 aromatic carbocycles. The van der Waals surface area contributed by atoms with Gasteiger partial charge in [0.05, 0.1) is 0 Å². The van der Waals surface area contributed by atoms with Gasteiger partial charge in [-0.05, 0) is 6.07 Å². The molecular weight excluding hydrogens is 147 g/mol. The summed E-state index contributed by atoms with van der Waals surface area (Å²) in [5.41, 5.74) is 0. The molecule has 1 aromatic rings. The highest BCUT2D eigenvalue weighted by Crippen LogP contribution is 2.04. The number of aromatic nitrogens is 2. The third kappa shape index (κ3) is 1.32. The molecule has 41 valence electrons. The Bertz CT molecular complexity index is 151. The summed E-state index contributed by atoms with van der Waals surface area (Å²) in [6.45, 7) is 0. The maximum atomic E-state index is 5.35. The highest BCUT2D eigenvalue weighted by Gasteiger charge is 1.88. The van der Waals surface area contributed by atoms with Gasteiger partial charge in [0.2, 0.25) is 0 Å².